The zero-order chi connectivity index (χ0) is 19.6. The predicted octanol–water partition coefficient (Wildman–Crippen LogP) is 3.20. The molecule has 6 nitrogen and oxygen atoms in total. The molecule has 1 aromatic carbocycles. The van der Waals surface area contributed by atoms with Gasteiger partial charge in [-0.2, -0.15) is 0 Å². The summed E-state index contributed by atoms with van der Waals surface area (Å²) >= 11 is 0. The highest BCUT2D eigenvalue weighted by Gasteiger charge is 2.39. The average Bonchev–Trinajstić information content (AvgIpc) is 2.89. The van der Waals surface area contributed by atoms with E-state index in [1.54, 1.807) is 17.9 Å². The van der Waals surface area contributed by atoms with E-state index in [2.05, 4.69) is 5.32 Å². The number of anilines is 1. The molecule has 26 heavy (non-hydrogen) atoms. The van der Waals surface area contributed by atoms with E-state index < -0.39 is 11.4 Å². The molecule has 142 valence electrons. The van der Waals surface area contributed by atoms with Crippen LogP contribution in [0, 0.1) is 5.41 Å². The number of carbonyl (C=O) groups is 3. The van der Waals surface area contributed by atoms with Gasteiger partial charge in [0.2, 0.25) is 5.91 Å². The highest BCUT2D eigenvalue weighted by atomic mass is 16.2. The summed E-state index contributed by atoms with van der Waals surface area (Å²) < 4.78 is 0. The fourth-order valence-electron chi connectivity index (χ4n) is 3.28. The Morgan fingerprint density at radius 2 is 1.88 bits per heavy atom. The maximum absolute atomic E-state index is 13.1. The number of benzene rings is 1. The lowest BCUT2D eigenvalue weighted by molar-refractivity contribution is -0.126. The second-order valence-electron chi connectivity index (χ2n) is 7.68. The van der Waals surface area contributed by atoms with E-state index >= 15 is 0 Å². The summed E-state index contributed by atoms with van der Waals surface area (Å²) in [6.07, 6.45) is 0.700. The molecule has 0 saturated heterocycles. The van der Waals surface area contributed by atoms with Crippen LogP contribution in [0.3, 0.4) is 0 Å². The van der Waals surface area contributed by atoms with Gasteiger partial charge in [-0.15, -0.1) is 0 Å². The zero-order valence-electron chi connectivity index (χ0n) is 16.5. The van der Waals surface area contributed by atoms with Crippen LogP contribution in [0.25, 0.3) is 0 Å². The monoisotopic (exact) mass is 359 g/mol. The van der Waals surface area contributed by atoms with Gasteiger partial charge in [-0.1, -0.05) is 32.9 Å². The first kappa shape index (κ1) is 19.9. The van der Waals surface area contributed by atoms with E-state index in [9.17, 15) is 14.4 Å². The molecule has 1 aromatic rings. The molecule has 1 heterocycles. The van der Waals surface area contributed by atoms with Crippen molar-refractivity contribution < 1.29 is 14.4 Å². The van der Waals surface area contributed by atoms with Gasteiger partial charge in [-0.05, 0) is 38.8 Å². The number of hydrogen-bond donors (Lipinski definition) is 1. The molecule has 0 radical (unpaired) electrons. The summed E-state index contributed by atoms with van der Waals surface area (Å²) in [7, 11) is 0. The van der Waals surface area contributed by atoms with Gasteiger partial charge in [-0.3, -0.25) is 14.5 Å². The van der Waals surface area contributed by atoms with Gasteiger partial charge in [0.15, 0.2) is 0 Å². The molecule has 2 rings (SSSR count). The van der Waals surface area contributed by atoms with Gasteiger partial charge in [0, 0.05) is 24.5 Å². The summed E-state index contributed by atoms with van der Waals surface area (Å²) in [5.74, 6) is -0.402. The number of para-hydroxylation sites is 1. The second-order valence-corrected chi connectivity index (χ2v) is 7.68. The van der Waals surface area contributed by atoms with Gasteiger partial charge in [-0.25, -0.2) is 4.79 Å². The molecule has 0 aromatic heterocycles. The molecular formula is C20H29N3O3. The third kappa shape index (κ3) is 3.59. The largest absolute Gasteiger partial charge is 0.338 e. The van der Waals surface area contributed by atoms with Crippen LogP contribution in [0.2, 0.25) is 0 Å². The van der Waals surface area contributed by atoms with Gasteiger partial charge in [0.25, 0.3) is 5.91 Å². The summed E-state index contributed by atoms with van der Waals surface area (Å²) in [5.41, 5.74) is 1.45. The van der Waals surface area contributed by atoms with Crippen molar-refractivity contribution in [1.82, 2.24) is 10.2 Å². The van der Waals surface area contributed by atoms with Crippen molar-refractivity contribution >= 4 is 23.5 Å². The molecule has 4 amide bonds. The van der Waals surface area contributed by atoms with E-state index in [-0.39, 0.29) is 24.4 Å². The third-order valence-corrected chi connectivity index (χ3v) is 4.54. The Hall–Kier alpha value is -2.37. The predicted molar refractivity (Wildman–Crippen MR) is 102 cm³/mol. The third-order valence-electron chi connectivity index (χ3n) is 4.54. The first-order chi connectivity index (χ1) is 12.1. The number of carbonyl (C=O) groups excluding carboxylic acids is 3. The smallest absolute Gasteiger partial charge is 0.324 e. The van der Waals surface area contributed by atoms with E-state index in [4.69, 9.17) is 0 Å². The van der Waals surface area contributed by atoms with E-state index in [1.165, 1.54) is 4.90 Å². The van der Waals surface area contributed by atoms with Crippen LogP contribution in [0.1, 0.15) is 57.5 Å². The van der Waals surface area contributed by atoms with Crippen LogP contribution < -0.4 is 10.2 Å². The number of imide groups is 1. The molecule has 6 heteroatoms. The van der Waals surface area contributed by atoms with E-state index in [0.29, 0.717) is 24.2 Å². The molecule has 0 spiro atoms. The van der Waals surface area contributed by atoms with Crippen molar-refractivity contribution in [3.63, 3.8) is 0 Å². The SMILES string of the molecule is CCNC(=O)N(CC)C(=O)c1cccc2c1N(C(=O)C(C)(C)C)C(C)C2. The van der Waals surface area contributed by atoms with Gasteiger partial charge in [0.1, 0.15) is 0 Å². The highest BCUT2D eigenvalue weighted by Crippen LogP contribution is 2.38. The summed E-state index contributed by atoms with van der Waals surface area (Å²) in [5, 5.41) is 2.67. The topological polar surface area (TPSA) is 69.7 Å². The first-order valence-corrected chi connectivity index (χ1v) is 9.18. The number of urea groups is 1. The minimum Gasteiger partial charge on any atom is -0.338 e. The molecule has 1 atom stereocenters. The van der Waals surface area contributed by atoms with E-state index in [0.717, 1.165) is 5.56 Å². The minimum atomic E-state index is -0.559. The zero-order valence-corrected chi connectivity index (χ0v) is 16.5. The van der Waals surface area contributed by atoms with Crippen LogP contribution in [-0.2, 0) is 11.2 Å². The minimum absolute atomic E-state index is 0.0229. The molecular weight excluding hydrogens is 330 g/mol. The normalized spacial score (nSPS) is 16.2. The summed E-state index contributed by atoms with van der Waals surface area (Å²) in [6.45, 7) is 11.9. The van der Waals surface area contributed by atoms with Crippen LogP contribution in [0.5, 0.6) is 0 Å². The van der Waals surface area contributed by atoms with Crippen molar-refractivity contribution in [3.8, 4) is 0 Å². The number of rotatable bonds is 3. The Labute approximate surface area is 155 Å². The standard InChI is InChI=1S/C20H29N3O3/c1-7-21-19(26)22(8-2)17(24)15-11-9-10-14-12-13(3)23(16(14)15)18(25)20(4,5)6/h9-11,13H,7-8,12H2,1-6H3,(H,21,26). The molecule has 1 aliphatic heterocycles. The Bertz CT molecular complexity index is 722. The molecule has 0 saturated carbocycles. The quantitative estimate of drug-likeness (QED) is 0.901. The van der Waals surface area contributed by atoms with Crippen molar-refractivity contribution in [1.29, 1.82) is 0 Å². The molecule has 0 fully saturated rings. The van der Waals surface area contributed by atoms with Crippen molar-refractivity contribution in [2.75, 3.05) is 18.0 Å². The molecule has 0 bridgehead atoms. The maximum atomic E-state index is 13.1. The van der Waals surface area contributed by atoms with Gasteiger partial charge < -0.3 is 10.2 Å². The van der Waals surface area contributed by atoms with Crippen molar-refractivity contribution in [3.05, 3.63) is 29.3 Å². The lowest BCUT2D eigenvalue weighted by atomic mass is 9.94. The van der Waals surface area contributed by atoms with Crippen LogP contribution in [0.4, 0.5) is 10.5 Å². The summed E-state index contributed by atoms with van der Waals surface area (Å²) in [6, 6.07) is 5.02. The van der Waals surface area contributed by atoms with Gasteiger partial charge >= 0.3 is 6.03 Å². The number of hydrogen-bond acceptors (Lipinski definition) is 3. The van der Waals surface area contributed by atoms with Gasteiger partial charge in [0.05, 0.1) is 11.3 Å². The van der Waals surface area contributed by atoms with Crippen molar-refractivity contribution in [2.45, 2.75) is 54.0 Å². The Morgan fingerprint density at radius 3 is 2.42 bits per heavy atom. The van der Waals surface area contributed by atoms with E-state index in [1.807, 2.05) is 46.8 Å². The van der Waals surface area contributed by atoms with Crippen LogP contribution >= 0.6 is 0 Å². The lowest BCUT2D eigenvalue weighted by Crippen LogP contribution is -2.46. The maximum Gasteiger partial charge on any atom is 0.324 e. The fraction of sp³-hybridized carbons (Fsp3) is 0.550. The molecule has 1 unspecified atom stereocenters. The first-order valence-electron chi connectivity index (χ1n) is 9.18. The number of amides is 4. The molecule has 0 aliphatic carbocycles. The average molecular weight is 359 g/mol. The summed E-state index contributed by atoms with van der Waals surface area (Å²) in [4.78, 5) is 41.3. The van der Waals surface area contributed by atoms with Crippen LogP contribution in [0.15, 0.2) is 18.2 Å². The highest BCUT2D eigenvalue weighted by molar-refractivity contribution is 6.11. The van der Waals surface area contributed by atoms with Crippen LogP contribution in [-0.4, -0.2) is 41.9 Å². The number of nitrogens with zero attached hydrogens (tertiary/aromatic N) is 2. The number of nitrogens with one attached hydrogen (secondary N) is 1. The molecule has 1 N–H and O–H groups in total. The Kier molecular flexibility index (Phi) is 5.74. The Balaban J connectivity index is 2.51. The second kappa shape index (κ2) is 7.48. The fourth-order valence-corrected chi connectivity index (χ4v) is 3.28. The number of fused-ring (bicyclic) bond motifs is 1. The van der Waals surface area contributed by atoms with Crippen molar-refractivity contribution in [2.24, 2.45) is 5.41 Å². The molecule has 1 aliphatic rings. The Morgan fingerprint density at radius 1 is 1.23 bits per heavy atom. The lowest BCUT2D eigenvalue weighted by Gasteiger charge is -2.31.